The van der Waals surface area contributed by atoms with E-state index in [2.05, 4.69) is 26.3 Å². The van der Waals surface area contributed by atoms with Crippen LogP contribution in [0, 0.1) is 6.92 Å². The lowest BCUT2D eigenvalue weighted by atomic mass is 9.96. The summed E-state index contributed by atoms with van der Waals surface area (Å²) in [7, 11) is 1.87. The Morgan fingerprint density at radius 3 is 2.86 bits per heavy atom. The number of hydrogen-bond donors (Lipinski definition) is 0. The van der Waals surface area contributed by atoms with Crippen LogP contribution < -0.4 is 4.90 Å². The van der Waals surface area contributed by atoms with Gasteiger partial charge in [0.05, 0.1) is 12.6 Å². The summed E-state index contributed by atoms with van der Waals surface area (Å²) in [4.78, 5) is 17.1. The summed E-state index contributed by atoms with van der Waals surface area (Å²) in [6.07, 6.45) is 0.357. The van der Waals surface area contributed by atoms with E-state index in [0.717, 1.165) is 42.4 Å². The summed E-state index contributed by atoms with van der Waals surface area (Å²) >= 11 is 0. The second-order valence-electron chi connectivity index (χ2n) is 7.42. The Kier molecular flexibility index (Phi) is 4.01. The Morgan fingerprint density at radius 1 is 1.18 bits per heavy atom. The molecule has 144 valence electrons. The minimum atomic E-state index is -0.502. The summed E-state index contributed by atoms with van der Waals surface area (Å²) in [6, 6.07) is 12.1. The highest BCUT2D eigenvalue weighted by atomic mass is 16.5. The fourth-order valence-electron chi connectivity index (χ4n) is 3.91. The zero-order chi connectivity index (χ0) is 19.3. The molecule has 1 saturated heterocycles. The Balaban J connectivity index is 1.28. The third kappa shape index (κ3) is 2.72. The molecule has 2 aliphatic heterocycles. The number of nitrogens with zero attached hydrogens (tertiary/aromatic N) is 6. The zero-order valence-corrected chi connectivity index (χ0v) is 15.9. The summed E-state index contributed by atoms with van der Waals surface area (Å²) in [5, 5.41) is 12.7. The molecule has 5 rings (SSSR count). The molecule has 1 unspecified atom stereocenters. The summed E-state index contributed by atoms with van der Waals surface area (Å²) in [6.45, 7) is 3.96. The van der Waals surface area contributed by atoms with Crippen LogP contribution in [0.25, 0.3) is 5.65 Å². The number of aryl methyl sites for hydroxylation is 1. The lowest BCUT2D eigenvalue weighted by Crippen LogP contribution is -2.61. The summed E-state index contributed by atoms with van der Waals surface area (Å²) in [5.74, 6) is 1.65. The van der Waals surface area contributed by atoms with Crippen molar-refractivity contribution in [1.29, 1.82) is 0 Å². The van der Waals surface area contributed by atoms with Gasteiger partial charge in [-0.05, 0) is 36.6 Å². The van der Waals surface area contributed by atoms with Crippen LogP contribution in [0.3, 0.4) is 0 Å². The van der Waals surface area contributed by atoms with E-state index in [1.165, 1.54) is 5.56 Å². The molecule has 28 heavy (non-hydrogen) atoms. The predicted molar refractivity (Wildman–Crippen MR) is 103 cm³/mol. The number of amides is 1. The van der Waals surface area contributed by atoms with Crippen molar-refractivity contribution >= 4 is 17.4 Å². The first kappa shape index (κ1) is 17.1. The minimum Gasteiger partial charge on any atom is -0.363 e. The minimum absolute atomic E-state index is 0.0230. The van der Waals surface area contributed by atoms with Crippen molar-refractivity contribution < 1.29 is 9.53 Å². The van der Waals surface area contributed by atoms with Gasteiger partial charge in [0.2, 0.25) is 0 Å². The number of aromatic nitrogens is 4. The molecule has 1 fully saturated rings. The number of ether oxygens (including phenoxy) is 1. The van der Waals surface area contributed by atoms with Gasteiger partial charge in [-0.2, -0.15) is 4.52 Å². The molecular formula is C20H22N6O2. The molecule has 1 amide bonds. The number of carbonyl (C=O) groups excluding carboxylic acids is 1. The monoisotopic (exact) mass is 378 g/mol. The second kappa shape index (κ2) is 6.56. The van der Waals surface area contributed by atoms with Gasteiger partial charge in [0.1, 0.15) is 5.82 Å². The van der Waals surface area contributed by atoms with E-state index in [4.69, 9.17) is 4.74 Å². The van der Waals surface area contributed by atoms with E-state index < -0.39 is 6.10 Å². The van der Waals surface area contributed by atoms with Crippen molar-refractivity contribution in [2.75, 3.05) is 31.6 Å². The molecule has 0 spiro atoms. The van der Waals surface area contributed by atoms with Crippen molar-refractivity contribution in [2.24, 2.45) is 0 Å². The molecule has 2 aromatic heterocycles. The van der Waals surface area contributed by atoms with Gasteiger partial charge in [-0.15, -0.1) is 15.3 Å². The highest BCUT2D eigenvalue weighted by molar-refractivity contribution is 5.83. The van der Waals surface area contributed by atoms with Crippen LogP contribution in [-0.4, -0.2) is 63.4 Å². The average molecular weight is 378 g/mol. The predicted octanol–water partition coefficient (Wildman–Crippen LogP) is 1.39. The van der Waals surface area contributed by atoms with E-state index in [1.54, 1.807) is 4.52 Å². The van der Waals surface area contributed by atoms with Gasteiger partial charge < -0.3 is 14.5 Å². The highest BCUT2D eigenvalue weighted by Crippen LogP contribution is 2.30. The molecular weight excluding hydrogens is 356 g/mol. The molecule has 2 aliphatic rings. The fraction of sp³-hybridized carbons (Fsp3) is 0.400. The second-order valence-corrected chi connectivity index (χ2v) is 7.42. The topological polar surface area (TPSA) is 75.9 Å². The Hall–Kier alpha value is -3.00. The molecule has 4 heterocycles. The Bertz CT molecular complexity index is 1040. The standard InChI is InChI=1S/C20H22N6O2/c1-13-21-22-17-7-8-18(23-26(13)17)25-11-15(12-25)24(2)20(27)19-16-6-4-3-5-14(16)9-10-28-19/h3-8,15,19H,9-12H2,1-2H3. The number of likely N-dealkylation sites (N-methyl/N-ethyl adjacent to an activating group) is 1. The van der Waals surface area contributed by atoms with Crippen LogP contribution in [0.5, 0.6) is 0 Å². The first-order chi connectivity index (χ1) is 13.6. The van der Waals surface area contributed by atoms with Crippen molar-refractivity contribution in [3.63, 3.8) is 0 Å². The first-order valence-electron chi connectivity index (χ1n) is 9.52. The molecule has 1 aromatic carbocycles. The Labute approximate surface area is 162 Å². The van der Waals surface area contributed by atoms with Crippen LogP contribution >= 0.6 is 0 Å². The SMILES string of the molecule is Cc1nnc2ccc(N3CC(N(C)C(=O)C4OCCc5ccccc54)C3)nn12. The largest absolute Gasteiger partial charge is 0.363 e. The number of carbonyl (C=O) groups is 1. The Morgan fingerprint density at radius 2 is 2.00 bits per heavy atom. The first-order valence-corrected chi connectivity index (χ1v) is 9.52. The molecule has 0 bridgehead atoms. The third-order valence-corrected chi connectivity index (χ3v) is 5.70. The maximum Gasteiger partial charge on any atom is 0.256 e. The van der Waals surface area contributed by atoms with Gasteiger partial charge in [0.15, 0.2) is 17.6 Å². The zero-order valence-electron chi connectivity index (χ0n) is 15.9. The summed E-state index contributed by atoms with van der Waals surface area (Å²) in [5.41, 5.74) is 2.94. The molecule has 3 aromatic rings. The van der Waals surface area contributed by atoms with E-state index >= 15 is 0 Å². The third-order valence-electron chi connectivity index (χ3n) is 5.70. The number of rotatable bonds is 3. The van der Waals surface area contributed by atoms with Crippen molar-refractivity contribution in [3.05, 3.63) is 53.3 Å². The average Bonchev–Trinajstić information content (AvgIpc) is 3.06. The highest BCUT2D eigenvalue weighted by Gasteiger charge is 2.38. The van der Waals surface area contributed by atoms with E-state index in [1.807, 2.05) is 49.2 Å². The van der Waals surface area contributed by atoms with E-state index in [9.17, 15) is 4.79 Å². The van der Waals surface area contributed by atoms with E-state index in [0.29, 0.717) is 6.61 Å². The molecule has 0 N–H and O–H groups in total. The van der Waals surface area contributed by atoms with Gasteiger partial charge in [-0.25, -0.2) is 0 Å². The smallest absolute Gasteiger partial charge is 0.256 e. The van der Waals surface area contributed by atoms with Crippen molar-refractivity contribution in [2.45, 2.75) is 25.5 Å². The van der Waals surface area contributed by atoms with Crippen molar-refractivity contribution in [1.82, 2.24) is 24.7 Å². The van der Waals surface area contributed by atoms with Crippen molar-refractivity contribution in [3.8, 4) is 0 Å². The number of anilines is 1. The van der Waals surface area contributed by atoms with Gasteiger partial charge in [-0.1, -0.05) is 24.3 Å². The van der Waals surface area contributed by atoms with Gasteiger partial charge in [0.25, 0.3) is 5.91 Å². The number of fused-ring (bicyclic) bond motifs is 2. The van der Waals surface area contributed by atoms with Gasteiger partial charge >= 0.3 is 0 Å². The maximum atomic E-state index is 13.1. The number of benzene rings is 1. The normalized spacial score (nSPS) is 19.4. The molecule has 0 aliphatic carbocycles. The maximum absolute atomic E-state index is 13.1. The fourth-order valence-corrected chi connectivity index (χ4v) is 3.91. The lowest BCUT2D eigenvalue weighted by Gasteiger charge is -2.45. The number of hydrogen-bond acceptors (Lipinski definition) is 6. The summed E-state index contributed by atoms with van der Waals surface area (Å²) < 4.78 is 7.58. The van der Waals surface area contributed by atoms with E-state index in [-0.39, 0.29) is 11.9 Å². The van der Waals surface area contributed by atoms with Crippen LogP contribution in [-0.2, 0) is 16.0 Å². The van der Waals surface area contributed by atoms with Crippen LogP contribution in [0.15, 0.2) is 36.4 Å². The molecule has 8 nitrogen and oxygen atoms in total. The van der Waals surface area contributed by atoms with Crippen LogP contribution in [0.1, 0.15) is 23.1 Å². The molecule has 1 atom stereocenters. The molecule has 0 radical (unpaired) electrons. The quantitative estimate of drug-likeness (QED) is 0.686. The molecule has 8 heteroatoms. The van der Waals surface area contributed by atoms with Crippen LogP contribution in [0.2, 0.25) is 0 Å². The lowest BCUT2D eigenvalue weighted by molar-refractivity contribution is -0.146. The van der Waals surface area contributed by atoms with Gasteiger partial charge in [0, 0.05) is 20.1 Å². The van der Waals surface area contributed by atoms with Crippen LogP contribution in [0.4, 0.5) is 5.82 Å². The van der Waals surface area contributed by atoms with Gasteiger partial charge in [-0.3, -0.25) is 4.79 Å². The molecule has 0 saturated carbocycles.